The van der Waals surface area contributed by atoms with E-state index < -0.39 is 28.1 Å². The van der Waals surface area contributed by atoms with Crippen molar-refractivity contribution in [2.45, 2.75) is 17.5 Å². The van der Waals surface area contributed by atoms with E-state index in [9.17, 15) is 18.0 Å². The van der Waals surface area contributed by atoms with Gasteiger partial charge in [-0.15, -0.1) is 0 Å². The maximum Gasteiger partial charge on any atom is 0.309 e. The first kappa shape index (κ1) is 22.1. The highest BCUT2D eigenvalue weighted by Crippen LogP contribution is 2.23. The molecule has 0 aromatic heterocycles. The first-order chi connectivity index (χ1) is 13.4. The number of benzene rings is 1. The molecule has 1 atom stereocenters. The van der Waals surface area contributed by atoms with Gasteiger partial charge in [0, 0.05) is 20.2 Å². The van der Waals surface area contributed by atoms with Crippen LogP contribution >= 0.6 is 0 Å². The lowest BCUT2D eigenvalue weighted by Crippen LogP contribution is -2.53. The van der Waals surface area contributed by atoms with Gasteiger partial charge in [-0.05, 0) is 30.7 Å². The predicted octanol–water partition coefficient (Wildman–Crippen LogP) is -0.689. The number of carbonyl (C=O) groups is 2. The Morgan fingerprint density at radius 2 is 1.86 bits per heavy atom. The number of ether oxygens (including phenoxy) is 3. The van der Waals surface area contributed by atoms with E-state index in [1.807, 2.05) is 0 Å². The van der Waals surface area contributed by atoms with Gasteiger partial charge in [0.1, 0.15) is 12.0 Å². The van der Waals surface area contributed by atoms with Gasteiger partial charge in [-0.1, -0.05) is 0 Å². The van der Waals surface area contributed by atoms with Crippen molar-refractivity contribution in [2.24, 2.45) is 0 Å². The molecular formula is C17H25N3O7S. The molecule has 1 aromatic rings. The van der Waals surface area contributed by atoms with E-state index in [1.165, 1.54) is 30.7 Å². The third-order valence-electron chi connectivity index (χ3n) is 4.06. The Hall–Kier alpha value is -2.21. The second-order valence-electron chi connectivity index (χ2n) is 5.93. The monoisotopic (exact) mass is 415 g/mol. The number of nitrogens with one attached hydrogen (secondary N) is 2. The molecule has 10 nitrogen and oxygen atoms in total. The number of nitrogens with zero attached hydrogens (tertiary/aromatic N) is 1. The molecule has 1 aliphatic heterocycles. The van der Waals surface area contributed by atoms with Crippen LogP contribution in [0.15, 0.2) is 29.2 Å². The quantitative estimate of drug-likeness (QED) is 0.426. The van der Waals surface area contributed by atoms with E-state index in [4.69, 9.17) is 14.2 Å². The minimum absolute atomic E-state index is 0.0902. The van der Waals surface area contributed by atoms with E-state index in [0.29, 0.717) is 18.8 Å². The zero-order valence-corrected chi connectivity index (χ0v) is 16.7. The molecule has 156 valence electrons. The Balaban J connectivity index is 2.02. The number of hydrogen-bond acceptors (Lipinski definition) is 7. The fourth-order valence-electron chi connectivity index (χ4n) is 2.59. The van der Waals surface area contributed by atoms with Crippen LogP contribution in [0.1, 0.15) is 6.42 Å². The minimum Gasteiger partial charge on any atom is -0.497 e. The van der Waals surface area contributed by atoms with Crippen LogP contribution in [0.25, 0.3) is 0 Å². The molecule has 2 rings (SSSR count). The van der Waals surface area contributed by atoms with Crippen LogP contribution in [0, 0.1) is 0 Å². The SMILES string of the molecule is COCCNC(=O)C(=O)NC[C@@H]1OCCCN1S(=O)(=O)c1ccc(OC)cc1. The highest BCUT2D eigenvalue weighted by Gasteiger charge is 2.34. The first-order valence-corrected chi connectivity index (χ1v) is 10.2. The van der Waals surface area contributed by atoms with Crippen molar-refractivity contribution in [3.05, 3.63) is 24.3 Å². The van der Waals surface area contributed by atoms with Crippen molar-refractivity contribution in [3.8, 4) is 5.75 Å². The molecule has 1 heterocycles. The highest BCUT2D eigenvalue weighted by molar-refractivity contribution is 7.89. The van der Waals surface area contributed by atoms with Gasteiger partial charge in [-0.25, -0.2) is 8.42 Å². The summed E-state index contributed by atoms with van der Waals surface area (Å²) >= 11 is 0. The fourth-order valence-corrected chi connectivity index (χ4v) is 4.16. The summed E-state index contributed by atoms with van der Waals surface area (Å²) in [5, 5.41) is 4.80. The van der Waals surface area contributed by atoms with Crippen molar-refractivity contribution >= 4 is 21.8 Å². The van der Waals surface area contributed by atoms with Crippen molar-refractivity contribution in [2.75, 3.05) is 47.1 Å². The summed E-state index contributed by atoms with van der Waals surface area (Å²) in [6, 6.07) is 6.00. The Bertz CT molecular complexity index is 767. The summed E-state index contributed by atoms with van der Waals surface area (Å²) in [7, 11) is -0.869. The van der Waals surface area contributed by atoms with Gasteiger partial charge in [0.25, 0.3) is 0 Å². The Kier molecular flexibility index (Phi) is 8.18. The van der Waals surface area contributed by atoms with Crippen LogP contribution in [0.4, 0.5) is 0 Å². The Labute approximate surface area is 164 Å². The van der Waals surface area contributed by atoms with Crippen molar-refractivity contribution < 1.29 is 32.2 Å². The lowest BCUT2D eigenvalue weighted by atomic mass is 10.3. The van der Waals surface area contributed by atoms with Crippen molar-refractivity contribution in [3.63, 3.8) is 0 Å². The van der Waals surface area contributed by atoms with Crippen LogP contribution in [0.5, 0.6) is 5.75 Å². The molecule has 0 radical (unpaired) electrons. The third kappa shape index (κ3) is 5.64. The molecule has 1 fully saturated rings. The van der Waals surface area contributed by atoms with Gasteiger partial charge in [0.15, 0.2) is 0 Å². The normalized spacial score (nSPS) is 17.7. The van der Waals surface area contributed by atoms with E-state index in [2.05, 4.69) is 10.6 Å². The molecule has 2 N–H and O–H groups in total. The summed E-state index contributed by atoms with van der Waals surface area (Å²) in [6.45, 7) is 0.926. The van der Waals surface area contributed by atoms with Gasteiger partial charge in [0.2, 0.25) is 10.0 Å². The topological polar surface area (TPSA) is 123 Å². The Morgan fingerprint density at radius 1 is 1.18 bits per heavy atom. The van der Waals surface area contributed by atoms with E-state index in [0.717, 1.165) is 0 Å². The highest BCUT2D eigenvalue weighted by atomic mass is 32.2. The van der Waals surface area contributed by atoms with E-state index in [1.54, 1.807) is 12.1 Å². The number of sulfonamides is 1. The second kappa shape index (κ2) is 10.4. The van der Waals surface area contributed by atoms with Crippen molar-refractivity contribution in [1.82, 2.24) is 14.9 Å². The molecule has 0 aliphatic carbocycles. The van der Waals surface area contributed by atoms with Crippen LogP contribution in [0.3, 0.4) is 0 Å². The molecule has 2 amide bonds. The van der Waals surface area contributed by atoms with Crippen LogP contribution < -0.4 is 15.4 Å². The number of carbonyl (C=O) groups excluding carboxylic acids is 2. The first-order valence-electron chi connectivity index (χ1n) is 8.72. The summed E-state index contributed by atoms with van der Waals surface area (Å²) in [5.41, 5.74) is 0. The molecule has 0 unspecified atom stereocenters. The van der Waals surface area contributed by atoms with Gasteiger partial charge < -0.3 is 24.8 Å². The van der Waals surface area contributed by atoms with Crippen molar-refractivity contribution in [1.29, 1.82) is 0 Å². The molecule has 28 heavy (non-hydrogen) atoms. The number of methoxy groups -OCH3 is 2. The van der Waals surface area contributed by atoms with Crippen LogP contribution in [-0.4, -0.2) is 77.8 Å². The lowest BCUT2D eigenvalue weighted by Gasteiger charge is -2.34. The molecule has 0 spiro atoms. The second-order valence-corrected chi connectivity index (χ2v) is 7.82. The van der Waals surface area contributed by atoms with Crippen LogP contribution in [0.2, 0.25) is 0 Å². The molecule has 0 saturated carbocycles. The fraction of sp³-hybridized carbons (Fsp3) is 0.529. The number of rotatable bonds is 8. The molecule has 1 saturated heterocycles. The average Bonchev–Trinajstić information content (AvgIpc) is 2.72. The third-order valence-corrected chi connectivity index (χ3v) is 5.96. The maximum absolute atomic E-state index is 12.9. The molecule has 11 heteroatoms. The summed E-state index contributed by atoms with van der Waals surface area (Å²) in [5.74, 6) is -1.15. The smallest absolute Gasteiger partial charge is 0.309 e. The van der Waals surface area contributed by atoms with Gasteiger partial charge in [0.05, 0.1) is 31.8 Å². The van der Waals surface area contributed by atoms with E-state index >= 15 is 0 Å². The van der Waals surface area contributed by atoms with Crippen LogP contribution in [-0.2, 0) is 29.1 Å². The Morgan fingerprint density at radius 3 is 2.50 bits per heavy atom. The summed E-state index contributed by atoms with van der Waals surface area (Å²) in [6.07, 6.45) is -0.381. The number of amides is 2. The average molecular weight is 415 g/mol. The summed E-state index contributed by atoms with van der Waals surface area (Å²) < 4.78 is 42.4. The largest absolute Gasteiger partial charge is 0.497 e. The number of hydrogen-bond donors (Lipinski definition) is 2. The summed E-state index contributed by atoms with van der Waals surface area (Å²) in [4.78, 5) is 23.7. The maximum atomic E-state index is 12.9. The molecule has 0 bridgehead atoms. The standard InChI is InChI=1S/C17H25N3O7S/c1-25-11-8-18-16(21)17(22)19-12-15-20(9-3-10-27-15)28(23,24)14-6-4-13(26-2)5-7-14/h4-7,15H,3,8-12H2,1-2H3,(H,18,21)(H,19,22)/t15-/m0/s1. The van der Waals surface area contributed by atoms with Gasteiger partial charge in [-0.3, -0.25) is 9.59 Å². The minimum atomic E-state index is -3.84. The predicted molar refractivity (Wildman–Crippen MR) is 99.1 cm³/mol. The zero-order chi connectivity index (χ0) is 20.6. The lowest BCUT2D eigenvalue weighted by molar-refractivity contribution is -0.140. The molecular weight excluding hydrogens is 390 g/mol. The van der Waals surface area contributed by atoms with E-state index in [-0.39, 0.29) is 31.1 Å². The molecule has 1 aliphatic rings. The van der Waals surface area contributed by atoms with Gasteiger partial charge >= 0.3 is 11.8 Å². The molecule has 1 aromatic carbocycles. The zero-order valence-electron chi connectivity index (χ0n) is 15.8. The van der Waals surface area contributed by atoms with Gasteiger partial charge in [-0.2, -0.15) is 4.31 Å².